The van der Waals surface area contributed by atoms with Gasteiger partial charge in [0.05, 0.1) is 13.0 Å². The number of hydrogen-bond acceptors (Lipinski definition) is 2. The smallest absolute Gasteiger partial charge is 0.311 e. The summed E-state index contributed by atoms with van der Waals surface area (Å²) in [5, 5.41) is 9.62. The molecule has 0 fully saturated rings. The number of aliphatic carboxylic acids is 1. The first kappa shape index (κ1) is 16.1. The van der Waals surface area contributed by atoms with E-state index in [2.05, 4.69) is 19.1 Å². The lowest BCUT2D eigenvalue weighted by molar-refractivity contribution is -0.138. The second kappa shape index (κ2) is 6.65. The van der Waals surface area contributed by atoms with Gasteiger partial charge in [-0.05, 0) is 61.6 Å². The molecule has 0 spiro atoms. The molecule has 116 valence electrons. The van der Waals surface area contributed by atoms with Crippen LogP contribution in [0.25, 0.3) is 0 Å². The third-order valence-corrected chi connectivity index (χ3v) is 4.06. The Kier molecular flexibility index (Phi) is 4.86. The highest BCUT2D eigenvalue weighted by Crippen LogP contribution is 2.27. The highest BCUT2D eigenvalue weighted by Gasteiger charge is 2.22. The van der Waals surface area contributed by atoms with Crippen LogP contribution in [0.15, 0.2) is 36.4 Å². The Morgan fingerprint density at radius 2 is 1.64 bits per heavy atom. The third-order valence-electron chi connectivity index (χ3n) is 4.06. The van der Waals surface area contributed by atoms with Crippen molar-refractivity contribution in [1.29, 1.82) is 0 Å². The van der Waals surface area contributed by atoms with Crippen LogP contribution in [0.4, 0.5) is 0 Å². The lowest BCUT2D eigenvalue weighted by Gasteiger charge is -2.17. The van der Waals surface area contributed by atoms with Crippen molar-refractivity contribution in [2.24, 2.45) is 0 Å². The van der Waals surface area contributed by atoms with Gasteiger partial charge in [0.15, 0.2) is 0 Å². The zero-order valence-electron chi connectivity index (χ0n) is 13.5. The summed E-state index contributed by atoms with van der Waals surface area (Å²) in [6, 6.07) is 11.5. The molecule has 3 heteroatoms. The summed E-state index contributed by atoms with van der Waals surface area (Å²) < 4.78 is 5.13. The highest BCUT2D eigenvalue weighted by molar-refractivity contribution is 5.76. The molecule has 1 unspecified atom stereocenters. The first-order valence-corrected chi connectivity index (χ1v) is 7.36. The molecular formula is C19H22O3. The van der Waals surface area contributed by atoms with Crippen LogP contribution in [0.1, 0.15) is 33.7 Å². The highest BCUT2D eigenvalue weighted by atomic mass is 16.5. The Bertz CT molecular complexity index is 649. The molecule has 2 rings (SSSR count). The van der Waals surface area contributed by atoms with Crippen LogP contribution in [0.5, 0.6) is 5.75 Å². The van der Waals surface area contributed by atoms with Gasteiger partial charge >= 0.3 is 5.97 Å². The molecule has 1 atom stereocenters. The molecule has 0 bridgehead atoms. The zero-order valence-corrected chi connectivity index (χ0v) is 13.5. The van der Waals surface area contributed by atoms with Gasteiger partial charge < -0.3 is 9.84 Å². The quantitative estimate of drug-likeness (QED) is 0.906. The summed E-state index contributed by atoms with van der Waals surface area (Å²) in [6.45, 7) is 6.15. The van der Waals surface area contributed by atoms with E-state index in [0.29, 0.717) is 6.42 Å². The van der Waals surface area contributed by atoms with E-state index in [1.807, 2.05) is 26.0 Å². The molecule has 1 N–H and O–H groups in total. The van der Waals surface area contributed by atoms with Gasteiger partial charge in [-0.2, -0.15) is 0 Å². The summed E-state index contributed by atoms with van der Waals surface area (Å²) in [5.74, 6) is -0.619. The minimum absolute atomic E-state index is 0.500. The van der Waals surface area contributed by atoms with E-state index < -0.39 is 11.9 Å². The fraction of sp³-hybridized carbons (Fsp3) is 0.316. The minimum Gasteiger partial charge on any atom is -0.497 e. The predicted octanol–water partition coefficient (Wildman–Crippen LogP) is 4.03. The number of methoxy groups -OCH3 is 1. The van der Waals surface area contributed by atoms with Crippen LogP contribution in [-0.2, 0) is 11.2 Å². The van der Waals surface area contributed by atoms with E-state index in [1.165, 1.54) is 5.56 Å². The van der Waals surface area contributed by atoms with Crippen LogP contribution < -0.4 is 4.74 Å². The maximum atomic E-state index is 11.7. The van der Waals surface area contributed by atoms with Gasteiger partial charge in [-0.1, -0.05) is 29.8 Å². The number of rotatable bonds is 5. The van der Waals surface area contributed by atoms with Gasteiger partial charge in [-0.25, -0.2) is 0 Å². The molecule has 0 aromatic heterocycles. The van der Waals surface area contributed by atoms with E-state index in [0.717, 1.165) is 28.0 Å². The molecule has 0 saturated carbocycles. The Labute approximate surface area is 131 Å². The maximum Gasteiger partial charge on any atom is 0.311 e. The van der Waals surface area contributed by atoms with Crippen molar-refractivity contribution in [3.63, 3.8) is 0 Å². The summed E-state index contributed by atoms with van der Waals surface area (Å²) in [7, 11) is 1.60. The number of ether oxygens (including phenoxy) is 1. The lowest BCUT2D eigenvalue weighted by Crippen LogP contribution is -2.15. The number of carbonyl (C=O) groups is 1. The second-order valence-electron chi connectivity index (χ2n) is 5.75. The molecule has 3 nitrogen and oxygen atoms in total. The molecule has 22 heavy (non-hydrogen) atoms. The molecule has 0 aliphatic rings. The zero-order chi connectivity index (χ0) is 16.3. The van der Waals surface area contributed by atoms with Gasteiger partial charge in [0, 0.05) is 0 Å². The molecule has 0 saturated heterocycles. The fourth-order valence-corrected chi connectivity index (χ4v) is 2.92. The number of aryl methyl sites for hydroxylation is 3. The number of carboxylic acid groups (broad SMARTS) is 1. The predicted molar refractivity (Wildman–Crippen MR) is 87.7 cm³/mol. The molecule has 2 aromatic carbocycles. The van der Waals surface area contributed by atoms with Gasteiger partial charge in [-0.15, -0.1) is 0 Å². The first-order valence-electron chi connectivity index (χ1n) is 7.36. The van der Waals surface area contributed by atoms with Crippen molar-refractivity contribution in [1.82, 2.24) is 0 Å². The van der Waals surface area contributed by atoms with E-state index in [9.17, 15) is 9.90 Å². The molecule has 0 amide bonds. The van der Waals surface area contributed by atoms with E-state index >= 15 is 0 Å². The first-order chi connectivity index (χ1) is 10.4. The van der Waals surface area contributed by atoms with Gasteiger partial charge in [-0.3, -0.25) is 4.79 Å². The van der Waals surface area contributed by atoms with Crippen LogP contribution in [-0.4, -0.2) is 18.2 Å². The maximum absolute atomic E-state index is 11.7. The van der Waals surface area contributed by atoms with Crippen molar-refractivity contribution in [2.75, 3.05) is 7.11 Å². The Morgan fingerprint density at radius 3 is 2.09 bits per heavy atom. The van der Waals surface area contributed by atoms with Crippen LogP contribution in [0.2, 0.25) is 0 Å². The molecule has 2 aromatic rings. The van der Waals surface area contributed by atoms with E-state index in [1.54, 1.807) is 19.2 Å². The molecule has 0 radical (unpaired) electrons. The number of hydrogen-bond donors (Lipinski definition) is 1. The van der Waals surface area contributed by atoms with Gasteiger partial charge in [0.1, 0.15) is 5.75 Å². The molecule has 0 aliphatic carbocycles. The fourth-order valence-electron chi connectivity index (χ4n) is 2.92. The van der Waals surface area contributed by atoms with Crippen molar-refractivity contribution >= 4 is 5.97 Å². The Hall–Kier alpha value is -2.29. The summed E-state index contributed by atoms with van der Waals surface area (Å²) >= 11 is 0. The SMILES string of the molecule is COc1ccc(C(Cc2c(C)cc(C)cc2C)C(=O)O)cc1. The summed E-state index contributed by atoms with van der Waals surface area (Å²) in [6.07, 6.45) is 0.500. The van der Waals surface area contributed by atoms with Gasteiger partial charge in [0.2, 0.25) is 0 Å². The minimum atomic E-state index is -0.801. The summed E-state index contributed by atoms with van der Waals surface area (Å²) in [4.78, 5) is 11.7. The Balaban J connectivity index is 2.35. The van der Waals surface area contributed by atoms with E-state index in [4.69, 9.17) is 4.74 Å². The monoisotopic (exact) mass is 298 g/mol. The van der Waals surface area contributed by atoms with Crippen LogP contribution in [0.3, 0.4) is 0 Å². The molecule has 0 aliphatic heterocycles. The normalized spacial score (nSPS) is 12.0. The summed E-state index contributed by atoms with van der Waals surface area (Å²) in [5.41, 5.74) is 5.42. The van der Waals surface area contributed by atoms with Crippen molar-refractivity contribution in [3.8, 4) is 5.75 Å². The topological polar surface area (TPSA) is 46.5 Å². The van der Waals surface area contributed by atoms with Gasteiger partial charge in [0.25, 0.3) is 0 Å². The lowest BCUT2D eigenvalue weighted by atomic mass is 9.87. The average Bonchev–Trinajstić information content (AvgIpc) is 2.46. The van der Waals surface area contributed by atoms with Crippen LogP contribution in [0, 0.1) is 20.8 Å². The number of benzene rings is 2. The largest absolute Gasteiger partial charge is 0.497 e. The molecular weight excluding hydrogens is 276 g/mol. The average molecular weight is 298 g/mol. The van der Waals surface area contributed by atoms with Crippen molar-refractivity contribution in [3.05, 3.63) is 64.2 Å². The van der Waals surface area contributed by atoms with Crippen molar-refractivity contribution in [2.45, 2.75) is 33.1 Å². The van der Waals surface area contributed by atoms with Crippen molar-refractivity contribution < 1.29 is 14.6 Å². The standard InChI is InChI=1S/C19H22O3/c1-12-9-13(2)17(14(3)10-12)11-18(19(20)21)15-5-7-16(22-4)8-6-15/h5-10,18H,11H2,1-4H3,(H,20,21). The van der Waals surface area contributed by atoms with Crippen LogP contribution >= 0.6 is 0 Å². The Morgan fingerprint density at radius 1 is 1.09 bits per heavy atom. The second-order valence-corrected chi connectivity index (χ2v) is 5.75. The van der Waals surface area contributed by atoms with E-state index in [-0.39, 0.29) is 0 Å². The third kappa shape index (κ3) is 3.48. The number of carboxylic acids is 1. The molecule has 0 heterocycles.